The molecule has 0 spiro atoms. The third-order valence-electron chi connectivity index (χ3n) is 2.28. The first kappa shape index (κ1) is 10.5. The molecule has 0 radical (unpaired) electrons. The van der Waals surface area contributed by atoms with Gasteiger partial charge in [0.25, 0.3) is 0 Å². The monoisotopic (exact) mass is 217 g/mol. The number of halogens is 1. The Morgan fingerprint density at radius 1 is 1.31 bits per heavy atom. The maximum absolute atomic E-state index is 13.0. The number of anilines is 1. The van der Waals surface area contributed by atoms with Gasteiger partial charge in [0, 0.05) is 18.1 Å². The molecule has 3 nitrogen and oxygen atoms in total. The molecular weight excluding hydrogens is 205 g/mol. The molecule has 0 bridgehead atoms. The van der Waals surface area contributed by atoms with Crippen LogP contribution >= 0.6 is 0 Å². The Morgan fingerprint density at radius 3 is 2.94 bits per heavy atom. The van der Waals surface area contributed by atoms with E-state index < -0.39 is 0 Å². The zero-order valence-corrected chi connectivity index (χ0v) is 8.94. The van der Waals surface area contributed by atoms with E-state index in [0.717, 1.165) is 16.9 Å². The van der Waals surface area contributed by atoms with Crippen molar-refractivity contribution in [2.24, 2.45) is 0 Å². The summed E-state index contributed by atoms with van der Waals surface area (Å²) in [5, 5.41) is 3.13. The molecule has 0 aliphatic rings. The van der Waals surface area contributed by atoms with Crippen LogP contribution in [0.5, 0.6) is 0 Å². The smallest absolute Gasteiger partial charge is 0.125 e. The molecule has 4 heteroatoms. The standard InChI is InChI=1S/C12H12FN3/c1-9-2-3-10(13)6-12(9)16-8-11-7-14-4-5-15-11/h2-7,16H,8H2,1H3. The normalized spacial score (nSPS) is 10.1. The van der Waals surface area contributed by atoms with Crippen molar-refractivity contribution in [2.75, 3.05) is 5.32 Å². The van der Waals surface area contributed by atoms with Gasteiger partial charge in [0.05, 0.1) is 18.4 Å². The molecule has 2 aromatic rings. The minimum absolute atomic E-state index is 0.243. The van der Waals surface area contributed by atoms with Crippen molar-refractivity contribution in [2.45, 2.75) is 13.5 Å². The van der Waals surface area contributed by atoms with E-state index in [1.54, 1.807) is 24.7 Å². The fraction of sp³-hybridized carbons (Fsp3) is 0.167. The lowest BCUT2D eigenvalue weighted by Gasteiger charge is -2.08. The molecule has 1 aromatic carbocycles. The summed E-state index contributed by atoms with van der Waals surface area (Å²) in [7, 11) is 0. The van der Waals surface area contributed by atoms with Gasteiger partial charge in [-0.1, -0.05) is 6.07 Å². The van der Waals surface area contributed by atoms with Gasteiger partial charge in [-0.05, 0) is 24.6 Å². The van der Waals surface area contributed by atoms with Crippen LogP contribution in [0.3, 0.4) is 0 Å². The van der Waals surface area contributed by atoms with Gasteiger partial charge < -0.3 is 5.32 Å². The number of benzene rings is 1. The summed E-state index contributed by atoms with van der Waals surface area (Å²) in [6.45, 7) is 2.47. The van der Waals surface area contributed by atoms with Crippen LogP contribution in [-0.4, -0.2) is 9.97 Å². The van der Waals surface area contributed by atoms with Crippen LogP contribution in [0, 0.1) is 12.7 Å². The lowest BCUT2D eigenvalue weighted by Crippen LogP contribution is -2.03. The van der Waals surface area contributed by atoms with Gasteiger partial charge in [-0.15, -0.1) is 0 Å². The number of hydrogen-bond acceptors (Lipinski definition) is 3. The van der Waals surface area contributed by atoms with Crippen molar-refractivity contribution in [1.82, 2.24) is 9.97 Å². The maximum Gasteiger partial charge on any atom is 0.125 e. The Kier molecular flexibility index (Phi) is 3.10. The van der Waals surface area contributed by atoms with E-state index in [1.165, 1.54) is 12.1 Å². The Bertz CT molecular complexity index is 471. The van der Waals surface area contributed by atoms with Crippen LogP contribution in [0.15, 0.2) is 36.8 Å². The highest BCUT2D eigenvalue weighted by molar-refractivity contribution is 5.50. The molecular formula is C12H12FN3. The molecule has 0 amide bonds. The molecule has 1 N–H and O–H groups in total. The van der Waals surface area contributed by atoms with Gasteiger partial charge >= 0.3 is 0 Å². The zero-order valence-electron chi connectivity index (χ0n) is 8.94. The van der Waals surface area contributed by atoms with Crippen molar-refractivity contribution in [3.05, 3.63) is 53.9 Å². The molecule has 0 saturated carbocycles. The van der Waals surface area contributed by atoms with Gasteiger partial charge in [-0.2, -0.15) is 0 Å². The van der Waals surface area contributed by atoms with Gasteiger partial charge in [0.15, 0.2) is 0 Å². The van der Waals surface area contributed by atoms with E-state index >= 15 is 0 Å². The van der Waals surface area contributed by atoms with Gasteiger partial charge in [-0.25, -0.2) is 4.39 Å². The second kappa shape index (κ2) is 4.70. The first-order chi connectivity index (χ1) is 7.75. The van der Waals surface area contributed by atoms with Crippen LogP contribution < -0.4 is 5.32 Å². The van der Waals surface area contributed by atoms with Gasteiger partial charge in [0.1, 0.15) is 5.82 Å². The number of hydrogen-bond donors (Lipinski definition) is 1. The van der Waals surface area contributed by atoms with Crippen molar-refractivity contribution >= 4 is 5.69 Å². The SMILES string of the molecule is Cc1ccc(F)cc1NCc1cnccn1. The summed E-state index contributed by atoms with van der Waals surface area (Å²) in [5.74, 6) is -0.243. The van der Waals surface area contributed by atoms with E-state index in [2.05, 4.69) is 15.3 Å². The maximum atomic E-state index is 13.0. The summed E-state index contributed by atoms with van der Waals surface area (Å²) in [6, 6.07) is 4.67. The van der Waals surface area contributed by atoms with E-state index in [9.17, 15) is 4.39 Å². The first-order valence-corrected chi connectivity index (χ1v) is 5.00. The molecule has 16 heavy (non-hydrogen) atoms. The second-order valence-corrected chi connectivity index (χ2v) is 3.51. The average molecular weight is 217 g/mol. The molecule has 0 aliphatic heterocycles. The quantitative estimate of drug-likeness (QED) is 0.858. The van der Waals surface area contributed by atoms with Crippen LogP contribution in [0.25, 0.3) is 0 Å². The Hall–Kier alpha value is -1.97. The van der Waals surface area contributed by atoms with E-state index in [1.807, 2.05) is 6.92 Å². The molecule has 1 heterocycles. The summed E-state index contributed by atoms with van der Waals surface area (Å²) < 4.78 is 13.0. The van der Waals surface area contributed by atoms with Crippen LogP contribution in [-0.2, 0) is 6.54 Å². The van der Waals surface area contributed by atoms with E-state index in [-0.39, 0.29) is 5.82 Å². The lowest BCUT2D eigenvalue weighted by molar-refractivity contribution is 0.628. The number of rotatable bonds is 3. The molecule has 0 aliphatic carbocycles. The number of nitrogens with zero attached hydrogens (tertiary/aromatic N) is 2. The highest BCUT2D eigenvalue weighted by Crippen LogP contribution is 2.16. The van der Waals surface area contributed by atoms with Crippen molar-refractivity contribution < 1.29 is 4.39 Å². The molecule has 2 rings (SSSR count). The average Bonchev–Trinajstić information content (AvgIpc) is 2.32. The highest BCUT2D eigenvalue weighted by atomic mass is 19.1. The van der Waals surface area contributed by atoms with Crippen molar-refractivity contribution in [3.8, 4) is 0 Å². The van der Waals surface area contributed by atoms with Crippen LogP contribution in [0.1, 0.15) is 11.3 Å². The third-order valence-corrected chi connectivity index (χ3v) is 2.28. The predicted octanol–water partition coefficient (Wildman–Crippen LogP) is 2.54. The second-order valence-electron chi connectivity index (χ2n) is 3.51. The Labute approximate surface area is 93.4 Å². The lowest BCUT2D eigenvalue weighted by atomic mass is 10.2. The first-order valence-electron chi connectivity index (χ1n) is 5.00. The minimum atomic E-state index is -0.243. The van der Waals surface area contributed by atoms with Gasteiger partial charge in [0.2, 0.25) is 0 Å². The largest absolute Gasteiger partial charge is 0.379 e. The molecule has 1 aromatic heterocycles. The predicted molar refractivity (Wildman–Crippen MR) is 60.5 cm³/mol. The number of aromatic nitrogens is 2. The summed E-state index contributed by atoms with van der Waals surface area (Å²) in [5.41, 5.74) is 2.61. The van der Waals surface area contributed by atoms with Crippen LogP contribution in [0.4, 0.5) is 10.1 Å². The van der Waals surface area contributed by atoms with E-state index in [4.69, 9.17) is 0 Å². The topological polar surface area (TPSA) is 37.8 Å². The van der Waals surface area contributed by atoms with E-state index in [0.29, 0.717) is 6.54 Å². The zero-order chi connectivity index (χ0) is 11.4. The summed E-state index contributed by atoms with van der Waals surface area (Å²) in [6.07, 6.45) is 4.94. The molecule has 0 unspecified atom stereocenters. The number of nitrogens with one attached hydrogen (secondary N) is 1. The molecule has 0 atom stereocenters. The van der Waals surface area contributed by atoms with Gasteiger partial charge in [-0.3, -0.25) is 9.97 Å². The Balaban J connectivity index is 2.08. The molecule has 0 fully saturated rings. The highest BCUT2D eigenvalue weighted by Gasteiger charge is 2.00. The fourth-order valence-corrected chi connectivity index (χ4v) is 1.39. The van der Waals surface area contributed by atoms with Crippen molar-refractivity contribution in [1.29, 1.82) is 0 Å². The fourth-order valence-electron chi connectivity index (χ4n) is 1.39. The molecule has 82 valence electrons. The summed E-state index contributed by atoms with van der Waals surface area (Å²) in [4.78, 5) is 8.09. The number of aryl methyl sites for hydroxylation is 1. The molecule has 0 saturated heterocycles. The minimum Gasteiger partial charge on any atom is -0.379 e. The van der Waals surface area contributed by atoms with Crippen LogP contribution in [0.2, 0.25) is 0 Å². The summed E-state index contributed by atoms with van der Waals surface area (Å²) >= 11 is 0. The third kappa shape index (κ3) is 2.53. The van der Waals surface area contributed by atoms with Crippen molar-refractivity contribution in [3.63, 3.8) is 0 Å². The Morgan fingerprint density at radius 2 is 2.19 bits per heavy atom.